The van der Waals surface area contributed by atoms with Crippen molar-refractivity contribution in [2.45, 2.75) is 22.9 Å². The first kappa shape index (κ1) is 16.9. The minimum atomic E-state index is -3.43. The summed E-state index contributed by atoms with van der Waals surface area (Å²) >= 11 is 1.01. The van der Waals surface area contributed by atoms with Gasteiger partial charge in [0.05, 0.1) is 10.6 Å². The molecule has 0 spiro atoms. The predicted molar refractivity (Wildman–Crippen MR) is 88.2 cm³/mol. The summed E-state index contributed by atoms with van der Waals surface area (Å²) in [5.41, 5.74) is 0.685. The second kappa shape index (κ2) is 6.91. The molecule has 2 aromatic rings. The van der Waals surface area contributed by atoms with E-state index in [1.165, 1.54) is 4.31 Å². The maximum atomic E-state index is 12.5. The van der Waals surface area contributed by atoms with Crippen LogP contribution in [0.4, 0.5) is 0 Å². The molecule has 0 bridgehead atoms. The van der Waals surface area contributed by atoms with Crippen LogP contribution in [0.3, 0.4) is 0 Å². The summed E-state index contributed by atoms with van der Waals surface area (Å²) in [5, 5.41) is 15.6. The Morgan fingerprint density at radius 3 is 2.54 bits per heavy atom. The standard InChI is InChI=1S/C14H16N4O4S2/c19-12(20)9-23-14-15-13(16-17-14)10-3-5-11(6-4-10)24(21,22)18-7-1-2-8-18/h3-6H,1-2,7-9H2,(H,19,20)(H,15,16,17). The number of aliphatic carboxylic acids is 1. The molecule has 1 fully saturated rings. The predicted octanol–water partition coefficient (Wildman–Crippen LogP) is 1.43. The van der Waals surface area contributed by atoms with E-state index in [2.05, 4.69) is 15.2 Å². The number of hydrogen-bond donors (Lipinski definition) is 2. The van der Waals surface area contributed by atoms with Crippen LogP contribution in [-0.4, -0.2) is 57.8 Å². The molecule has 1 aliphatic heterocycles. The number of rotatable bonds is 6. The van der Waals surface area contributed by atoms with Crippen LogP contribution in [0.2, 0.25) is 0 Å². The number of aromatic nitrogens is 3. The van der Waals surface area contributed by atoms with Gasteiger partial charge in [-0.2, -0.15) is 4.31 Å². The van der Waals surface area contributed by atoms with Gasteiger partial charge in [-0.1, -0.05) is 11.8 Å². The molecule has 10 heteroatoms. The minimum absolute atomic E-state index is 0.121. The smallest absolute Gasteiger partial charge is 0.313 e. The Kier molecular flexibility index (Phi) is 4.88. The van der Waals surface area contributed by atoms with Crippen molar-refractivity contribution in [1.82, 2.24) is 19.5 Å². The Hall–Kier alpha value is -1.91. The maximum absolute atomic E-state index is 12.5. The summed E-state index contributed by atoms with van der Waals surface area (Å²) in [4.78, 5) is 15.0. The average Bonchev–Trinajstić information content (AvgIpc) is 3.25. The van der Waals surface area contributed by atoms with Crippen molar-refractivity contribution in [2.75, 3.05) is 18.8 Å². The van der Waals surface area contributed by atoms with Gasteiger partial charge in [0, 0.05) is 18.7 Å². The summed E-state index contributed by atoms with van der Waals surface area (Å²) in [6.45, 7) is 1.13. The van der Waals surface area contributed by atoms with Crippen LogP contribution in [0, 0.1) is 0 Å². The summed E-state index contributed by atoms with van der Waals surface area (Å²) < 4.78 is 26.4. The van der Waals surface area contributed by atoms with Crippen molar-refractivity contribution in [3.05, 3.63) is 24.3 Å². The lowest BCUT2D eigenvalue weighted by Crippen LogP contribution is -2.27. The first-order valence-corrected chi connectivity index (χ1v) is 9.77. The molecule has 1 aromatic heterocycles. The van der Waals surface area contributed by atoms with Crippen molar-refractivity contribution in [1.29, 1.82) is 0 Å². The number of carboxylic acid groups (broad SMARTS) is 1. The Morgan fingerprint density at radius 1 is 1.25 bits per heavy atom. The molecule has 2 N–H and O–H groups in total. The molecular formula is C14H16N4O4S2. The van der Waals surface area contributed by atoms with Crippen molar-refractivity contribution in [3.63, 3.8) is 0 Å². The van der Waals surface area contributed by atoms with Crippen LogP contribution in [0.25, 0.3) is 11.4 Å². The highest BCUT2D eigenvalue weighted by molar-refractivity contribution is 7.99. The van der Waals surface area contributed by atoms with Gasteiger partial charge in [0.15, 0.2) is 5.82 Å². The van der Waals surface area contributed by atoms with Gasteiger partial charge in [0.1, 0.15) is 0 Å². The van der Waals surface area contributed by atoms with Crippen LogP contribution < -0.4 is 0 Å². The second-order valence-electron chi connectivity index (χ2n) is 5.28. The maximum Gasteiger partial charge on any atom is 0.313 e. The topological polar surface area (TPSA) is 116 Å². The molecule has 8 nitrogen and oxygen atoms in total. The SMILES string of the molecule is O=C(O)CSc1n[nH]c(-c2ccc(S(=O)(=O)N3CCCC3)cc2)n1. The largest absolute Gasteiger partial charge is 0.481 e. The lowest BCUT2D eigenvalue weighted by Gasteiger charge is -2.15. The molecule has 0 unspecified atom stereocenters. The van der Waals surface area contributed by atoms with E-state index < -0.39 is 16.0 Å². The first-order valence-electron chi connectivity index (χ1n) is 7.34. The molecule has 24 heavy (non-hydrogen) atoms. The van der Waals surface area contributed by atoms with Gasteiger partial charge in [-0.15, -0.1) is 5.10 Å². The summed E-state index contributed by atoms with van der Waals surface area (Å²) in [6, 6.07) is 6.43. The van der Waals surface area contributed by atoms with Crippen LogP contribution in [-0.2, 0) is 14.8 Å². The van der Waals surface area contributed by atoms with E-state index in [-0.39, 0.29) is 10.6 Å². The van der Waals surface area contributed by atoms with Crippen molar-refractivity contribution in [2.24, 2.45) is 0 Å². The fourth-order valence-electron chi connectivity index (χ4n) is 2.43. The number of nitrogens with one attached hydrogen (secondary N) is 1. The third-order valence-corrected chi connectivity index (χ3v) is 6.37. The molecule has 0 atom stereocenters. The fourth-order valence-corrected chi connectivity index (χ4v) is 4.46. The molecule has 1 aromatic carbocycles. The summed E-state index contributed by atoms with van der Waals surface area (Å²) in [5.74, 6) is -0.597. The molecule has 128 valence electrons. The molecule has 0 aliphatic carbocycles. The van der Waals surface area contributed by atoms with Crippen LogP contribution in [0.15, 0.2) is 34.3 Å². The highest BCUT2D eigenvalue weighted by Gasteiger charge is 2.27. The highest BCUT2D eigenvalue weighted by Crippen LogP contribution is 2.24. The lowest BCUT2D eigenvalue weighted by molar-refractivity contribution is -0.133. The van der Waals surface area contributed by atoms with E-state index >= 15 is 0 Å². The Bertz CT molecular complexity index is 827. The van der Waals surface area contributed by atoms with Gasteiger partial charge < -0.3 is 5.11 Å². The van der Waals surface area contributed by atoms with E-state index in [1.54, 1.807) is 24.3 Å². The Labute approximate surface area is 143 Å². The number of nitrogens with zero attached hydrogens (tertiary/aromatic N) is 3. The number of hydrogen-bond acceptors (Lipinski definition) is 6. The number of aromatic amines is 1. The van der Waals surface area contributed by atoms with Crippen molar-refractivity contribution < 1.29 is 18.3 Å². The third-order valence-electron chi connectivity index (χ3n) is 3.62. The molecule has 0 amide bonds. The molecule has 0 saturated carbocycles. The zero-order valence-electron chi connectivity index (χ0n) is 12.7. The minimum Gasteiger partial charge on any atom is -0.481 e. The number of benzene rings is 1. The monoisotopic (exact) mass is 368 g/mol. The van der Waals surface area contributed by atoms with E-state index in [1.807, 2.05) is 0 Å². The number of thioether (sulfide) groups is 1. The summed E-state index contributed by atoms with van der Waals surface area (Å²) in [6.07, 6.45) is 1.79. The lowest BCUT2D eigenvalue weighted by atomic mass is 10.2. The Balaban J connectivity index is 1.76. The average molecular weight is 368 g/mol. The van der Waals surface area contributed by atoms with Gasteiger partial charge >= 0.3 is 5.97 Å². The van der Waals surface area contributed by atoms with Crippen LogP contribution in [0.1, 0.15) is 12.8 Å². The van der Waals surface area contributed by atoms with Gasteiger partial charge in [0.25, 0.3) is 0 Å². The van der Waals surface area contributed by atoms with E-state index in [9.17, 15) is 13.2 Å². The normalized spacial score (nSPS) is 15.7. The molecule has 1 aliphatic rings. The number of carbonyl (C=O) groups is 1. The third kappa shape index (κ3) is 3.60. The molecule has 0 radical (unpaired) electrons. The van der Waals surface area contributed by atoms with E-state index in [0.29, 0.717) is 29.6 Å². The quantitative estimate of drug-likeness (QED) is 0.741. The van der Waals surface area contributed by atoms with Crippen molar-refractivity contribution >= 4 is 27.8 Å². The first-order chi connectivity index (χ1) is 11.5. The second-order valence-corrected chi connectivity index (χ2v) is 8.17. The highest BCUT2D eigenvalue weighted by atomic mass is 32.2. The Morgan fingerprint density at radius 2 is 1.92 bits per heavy atom. The van der Waals surface area contributed by atoms with Crippen LogP contribution in [0.5, 0.6) is 0 Å². The van der Waals surface area contributed by atoms with Crippen LogP contribution >= 0.6 is 11.8 Å². The summed E-state index contributed by atoms with van der Waals surface area (Å²) in [7, 11) is -3.43. The molecule has 1 saturated heterocycles. The molecule has 2 heterocycles. The van der Waals surface area contributed by atoms with Crippen molar-refractivity contribution in [3.8, 4) is 11.4 Å². The van der Waals surface area contributed by atoms with Gasteiger partial charge in [-0.05, 0) is 37.1 Å². The molecular weight excluding hydrogens is 352 g/mol. The number of carboxylic acids is 1. The van der Waals surface area contributed by atoms with Gasteiger partial charge in [-0.3, -0.25) is 9.89 Å². The van der Waals surface area contributed by atoms with Gasteiger partial charge in [-0.25, -0.2) is 13.4 Å². The molecule has 3 rings (SSSR count). The van der Waals surface area contributed by atoms with Gasteiger partial charge in [0.2, 0.25) is 15.2 Å². The number of H-pyrrole nitrogens is 1. The zero-order valence-corrected chi connectivity index (χ0v) is 14.3. The van der Waals surface area contributed by atoms with E-state index in [0.717, 1.165) is 24.6 Å². The number of sulfonamides is 1. The zero-order chi connectivity index (χ0) is 17.2. The van der Waals surface area contributed by atoms with E-state index in [4.69, 9.17) is 5.11 Å². The fraction of sp³-hybridized carbons (Fsp3) is 0.357.